The van der Waals surface area contributed by atoms with Gasteiger partial charge in [0.2, 0.25) is 11.5 Å². The zero-order chi connectivity index (χ0) is 24.9. The third kappa shape index (κ3) is 4.65. The first kappa shape index (κ1) is 24.9. The highest BCUT2D eigenvalue weighted by atomic mass is 32.2. The predicted molar refractivity (Wildman–Crippen MR) is 115 cm³/mol. The fourth-order valence-corrected chi connectivity index (χ4v) is 4.93. The number of hydrogen-bond acceptors (Lipinski definition) is 4. The van der Waals surface area contributed by atoms with Gasteiger partial charge in [-0.2, -0.15) is 13.2 Å². The molecular weight excluding hydrogens is 482 g/mol. The molecule has 1 aliphatic carbocycles. The first-order valence-corrected chi connectivity index (χ1v) is 11.5. The van der Waals surface area contributed by atoms with Crippen LogP contribution in [-0.2, 0) is 16.9 Å². The third-order valence-electron chi connectivity index (χ3n) is 6.09. The first-order chi connectivity index (χ1) is 15.7. The number of rotatable bonds is 7. The van der Waals surface area contributed by atoms with Crippen LogP contribution >= 0.6 is 11.8 Å². The van der Waals surface area contributed by atoms with Crippen LogP contribution in [0.25, 0.3) is 0 Å². The highest BCUT2D eigenvalue weighted by Crippen LogP contribution is 2.49. The van der Waals surface area contributed by atoms with E-state index in [0.717, 1.165) is 28.2 Å². The highest BCUT2D eigenvalue weighted by Gasteiger charge is 2.67. The zero-order valence-corrected chi connectivity index (χ0v) is 18.8. The molecule has 4 rings (SSSR count). The molecule has 0 spiro atoms. The number of alkyl halides is 6. The van der Waals surface area contributed by atoms with E-state index >= 15 is 0 Å². The summed E-state index contributed by atoms with van der Waals surface area (Å²) in [6, 6.07) is 8.21. The number of nitrogens with one attached hydrogen (secondary N) is 2. The Morgan fingerprint density at radius 1 is 1.15 bits per heavy atom. The number of carbonyl (C=O) groups excluding carboxylic acids is 1. The Morgan fingerprint density at radius 3 is 2.35 bits per heavy atom. The Hall–Kier alpha value is -2.24. The fourth-order valence-electron chi connectivity index (χ4n) is 3.83. The van der Waals surface area contributed by atoms with E-state index in [2.05, 4.69) is 10.6 Å². The van der Waals surface area contributed by atoms with Crippen molar-refractivity contribution in [2.45, 2.75) is 60.6 Å². The van der Waals surface area contributed by atoms with Crippen LogP contribution in [0.4, 0.5) is 32.0 Å². The number of fused-ring (bicyclic) bond motifs is 1. The second-order valence-corrected chi connectivity index (χ2v) is 9.83. The SMILES string of the molecule is CC(F)(F)C(O)(c1ccc(NC(=O)C2NCc3cc(SCC4(F)CC4)ccc32)cc1)C(F)(F)F. The van der Waals surface area contributed by atoms with Crippen LogP contribution in [0.1, 0.15) is 42.5 Å². The summed E-state index contributed by atoms with van der Waals surface area (Å²) in [4.78, 5) is 13.6. The molecule has 2 atom stereocenters. The molecular formula is C23H22F6N2O2S. The second kappa shape index (κ2) is 8.46. The molecule has 0 saturated heterocycles. The number of thioether (sulfide) groups is 1. The van der Waals surface area contributed by atoms with Crippen molar-refractivity contribution >= 4 is 23.4 Å². The van der Waals surface area contributed by atoms with Gasteiger partial charge in [-0.3, -0.25) is 10.1 Å². The van der Waals surface area contributed by atoms with Crippen LogP contribution in [-0.4, -0.2) is 34.5 Å². The van der Waals surface area contributed by atoms with E-state index in [9.17, 15) is 36.2 Å². The van der Waals surface area contributed by atoms with Crippen molar-refractivity contribution in [2.75, 3.05) is 11.1 Å². The third-order valence-corrected chi connectivity index (χ3v) is 7.34. The van der Waals surface area contributed by atoms with Gasteiger partial charge >= 0.3 is 6.18 Å². The predicted octanol–water partition coefficient (Wildman–Crippen LogP) is 5.47. The summed E-state index contributed by atoms with van der Waals surface area (Å²) in [5.74, 6) is -4.60. The molecule has 2 aromatic carbocycles. The minimum Gasteiger partial charge on any atom is -0.372 e. The van der Waals surface area contributed by atoms with Crippen molar-refractivity contribution in [2.24, 2.45) is 0 Å². The fraction of sp³-hybridized carbons (Fsp3) is 0.435. The molecule has 1 fully saturated rings. The molecule has 184 valence electrons. The van der Waals surface area contributed by atoms with Gasteiger partial charge < -0.3 is 10.4 Å². The Kier molecular flexibility index (Phi) is 6.19. The summed E-state index contributed by atoms with van der Waals surface area (Å²) in [5, 5.41) is 15.4. The lowest BCUT2D eigenvalue weighted by Crippen LogP contribution is -2.54. The van der Waals surface area contributed by atoms with E-state index in [0.29, 0.717) is 37.3 Å². The highest BCUT2D eigenvalue weighted by molar-refractivity contribution is 7.99. The number of benzene rings is 2. The molecule has 0 radical (unpaired) electrons. The van der Waals surface area contributed by atoms with Crippen LogP contribution in [0, 0.1) is 0 Å². The van der Waals surface area contributed by atoms with Gasteiger partial charge in [-0.1, -0.05) is 18.2 Å². The van der Waals surface area contributed by atoms with E-state index in [-0.39, 0.29) is 12.6 Å². The molecule has 4 nitrogen and oxygen atoms in total. The maximum absolute atomic E-state index is 13.8. The van der Waals surface area contributed by atoms with Crippen molar-refractivity contribution in [3.05, 3.63) is 59.2 Å². The van der Waals surface area contributed by atoms with Gasteiger partial charge in [0.05, 0.1) is 0 Å². The number of carbonyl (C=O) groups is 1. The number of aliphatic hydroxyl groups is 1. The normalized spacial score (nSPS) is 21.0. The Morgan fingerprint density at radius 2 is 1.79 bits per heavy atom. The molecule has 1 saturated carbocycles. The average molecular weight is 504 g/mol. The van der Waals surface area contributed by atoms with Gasteiger partial charge in [0.25, 0.3) is 5.92 Å². The van der Waals surface area contributed by atoms with Crippen molar-refractivity contribution in [3.63, 3.8) is 0 Å². The lowest BCUT2D eigenvalue weighted by molar-refractivity contribution is -0.335. The van der Waals surface area contributed by atoms with E-state index in [1.165, 1.54) is 11.8 Å². The summed E-state index contributed by atoms with van der Waals surface area (Å²) in [5.41, 5.74) is -4.81. The van der Waals surface area contributed by atoms with E-state index < -0.39 is 40.9 Å². The molecule has 0 aromatic heterocycles. The van der Waals surface area contributed by atoms with E-state index in [4.69, 9.17) is 0 Å². The van der Waals surface area contributed by atoms with Gasteiger partial charge in [0.15, 0.2) is 0 Å². The molecule has 2 unspecified atom stereocenters. The number of amides is 1. The largest absolute Gasteiger partial charge is 0.427 e. The summed E-state index contributed by atoms with van der Waals surface area (Å²) in [7, 11) is 0. The van der Waals surface area contributed by atoms with Crippen molar-refractivity contribution in [3.8, 4) is 0 Å². The van der Waals surface area contributed by atoms with Crippen LogP contribution in [0.15, 0.2) is 47.4 Å². The molecule has 34 heavy (non-hydrogen) atoms. The first-order valence-electron chi connectivity index (χ1n) is 10.5. The van der Waals surface area contributed by atoms with Crippen molar-refractivity contribution in [1.29, 1.82) is 0 Å². The van der Waals surface area contributed by atoms with Gasteiger partial charge in [0.1, 0.15) is 11.7 Å². The topological polar surface area (TPSA) is 61.4 Å². The van der Waals surface area contributed by atoms with Crippen molar-refractivity contribution < 1.29 is 36.2 Å². The maximum Gasteiger partial charge on any atom is 0.427 e. The lowest BCUT2D eigenvalue weighted by atomic mass is 9.87. The van der Waals surface area contributed by atoms with E-state index in [1.807, 2.05) is 6.07 Å². The summed E-state index contributed by atoms with van der Waals surface area (Å²) in [6.45, 7) is 0.399. The quantitative estimate of drug-likeness (QED) is 0.346. The van der Waals surface area contributed by atoms with Crippen LogP contribution < -0.4 is 10.6 Å². The van der Waals surface area contributed by atoms with Gasteiger partial charge in [-0.25, -0.2) is 13.2 Å². The van der Waals surface area contributed by atoms with Gasteiger partial charge in [-0.15, -0.1) is 11.8 Å². The molecule has 1 amide bonds. The average Bonchev–Trinajstić information content (AvgIpc) is 3.34. The Bertz CT molecular complexity index is 1070. The summed E-state index contributed by atoms with van der Waals surface area (Å²) >= 11 is 1.42. The molecule has 2 aliphatic rings. The minimum atomic E-state index is -5.62. The molecule has 1 heterocycles. The molecule has 1 aliphatic heterocycles. The monoisotopic (exact) mass is 504 g/mol. The number of halogens is 6. The molecule has 3 N–H and O–H groups in total. The smallest absolute Gasteiger partial charge is 0.372 e. The standard InChI is InChI=1S/C23H22F6N2O2S/c1-20(24,25)22(33,23(27,28)29)14-2-4-15(5-3-14)31-19(32)18-17-7-6-16(10-13(17)11-30-18)34-12-21(26)8-9-21/h2-7,10,18,30,33H,8-9,11-12H2,1H3,(H,31,32). The van der Waals surface area contributed by atoms with Crippen LogP contribution in [0.2, 0.25) is 0 Å². The van der Waals surface area contributed by atoms with Crippen LogP contribution in [0.3, 0.4) is 0 Å². The summed E-state index contributed by atoms with van der Waals surface area (Å²) < 4.78 is 81.0. The lowest BCUT2D eigenvalue weighted by Gasteiger charge is -2.35. The van der Waals surface area contributed by atoms with Gasteiger partial charge in [-0.05, 0) is 53.8 Å². The maximum atomic E-state index is 13.8. The molecule has 0 bridgehead atoms. The van der Waals surface area contributed by atoms with Crippen molar-refractivity contribution in [1.82, 2.24) is 5.32 Å². The summed E-state index contributed by atoms with van der Waals surface area (Å²) in [6.07, 6.45) is -4.47. The van der Waals surface area contributed by atoms with Gasteiger partial charge in [0, 0.05) is 29.8 Å². The van der Waals surface area contributed by atoms with E-state index in [1.54, 1.807) is 12.1 Å². The second-order valence-electron chi connectivity index (χ2n) is 8.78. The number of hydrogen-bond donors (Lipinski definition) is 3. The Balaban J connectivity index is 1.45. The minimum absolute atomic E-state index is 0.00905. The number of anilines is 1. The van der Waals surface area contributed by atoms with Crippen LogP contribution in [0.5, 0.6) is 0 Å². The molecule has 11 heteroatoms. The Labute approximate surface area is 196 Å². The zero-order valence-electron chi connectivity index (χ0n) is 18.0. The molecule has 2 aromatic rings.